The van der Waals surface area contributed by atoms with Gasteiger partial charge in [0.05, 0.1) is 13.2 Å². The Morgan fingerprint density at radius 1 is 0.736 bits per heavy atom. The first-order valence-electron chi connectivity index (χ1n) is 18.5. The predicted octanol–water partition coefficient (Wildman–Crippen LogP) is 8.08. The number of pyridine rings is 1. The molecule has 0 spiro atoms. The Hall–Kier alpha value is -4.12. The molecule has 0 radical (unpaired) electrons. The number of benzene rings is 2. The quantitative estimate of drug-likeness (QED) is 0.122. The van der Waals surface area contributed by atoms with Crippen molar-refractivity contribution in [2.24, 2.45) is 11.8 Å². The molecule has 0 N–H and O–H groups in total. The monoisotopic (exact) mass is 789 g/mol. The molecule has 0 saturated carbocycles. The van der Waals surface area contributed by atoms with Crippen LogP contribution in [0.15, 0.2) is 83.4 Å². The minimum atomic E-state index is -0.563. The van der Waals surface area contributed by atoms with E-state index in [1.807, 2.05) is 79.2 Å². The third-order valence-corrected chi connectivity index (χ3v) is 10.2. The summed E-state index contributed by atoms with van der Waals surface area (Å²) in [5, 5.41) is 1.15. The zero-order valence-corrected chi connectivity index (χ0v) is 33.0. The van der Waals surface area contributed by atoms with E-state index in [0.717, 1.165) is 79.3 Å². The summed E-state index contributed by atoms with van der Waals surface area (Å²) in [6, 6.07) is 15.5. The average Bonchev–Trinajstić information content (AvgIpc) is 3.18. The van der Waals surface area contributed by atoms with Crippen molar-refractivity contribution in [1.29, 1.82) is 0 Å². The van der Waals surface area contributed by atoms with Crippen molar-refractivity contribution in [3.8, 4) is 11.1 Å². The van der Waals surface area contributed by atoms with Crippen LogP contribution >= 0.6 is 15.9 Å². The number of ketones is 1. The highest BCUT2D eigenvalue weighted by Gasteiger charge is 2.26. The number of alkyl halides is 1. The van der Waals surface area contributed by atoms with Gasteiger partial charge in [-0.2, -0.15) is 0 Å². The van der Waals surface area contributed by atoms with E-state index < -0.39 is 11.9 Å². The molecule has 284 valence electrons. The first-order chi connectivity index (χ1) is 25.6. The SMILES string of the molecule is BrCC1CCOCC1.CCOC(=O)C1=CCC=C(c2ccc(C)cc2)C1=O.CCOC(=O)c1cn(CC2CCOCC2)cc(-c2ccc(C)cc2)c1=O. The standard InChI is InChI=1S/C21H25NO4.C16H16O3.C6H11BrO/c1-3-26-21(24)19-14-22(12-16-8-10-25-11-9-16)13-18(20(19)23)17-6-4-15(2)5-7-17;1-3-19-16(18)14-6-4-5-13(15(14)17)12-9-7-11(2)8-10-12;7-5-6-1-3-8-4-2-6/h4-7,13-14,16H,3,8-12H2,1-2H3;5-10H,3-4H2,1-2H3;6H,1-5H2. The number of rotatable bonds is 9. The molecule has 1 aromatic heterocycles. The van der Waals surface area contributed by atoms with Gasteiger partial charge in [0.25, 0.3) is 0 Å². The molecule has 10 heteroatoms. The van der Waals surface area contributed by atoms with Crippen LogP contribution < -0.4 is 5.43 Å². The number of nitrogens with zero attached hydrogens (tertiary/aromatic N) is 1. The summed E-state index contributed by atoms with van der Waals surface area (Å²) in [7, 11) is 0. The largest absolute Gasteiger partial charge is 0.462 e. The molecule has 1 aliphatic carbocycles. The number of carbonyl (C=O) groups is 3. The number of allylic oxidation sites excluding steroid dienone is 3. The lowest BCUT2D eigenvalue weighted by Gasteiger charge is -2.23. The van der Waals surface area contributed by atoms with Crippen LogP contribution in [0.25, 0.3) is 16.7 Å². The normalized spacial score (nSPS) is 16.2. The van der Waals surface area contributed by atoms with Crippen molar-refractivity contribution in [2.75, 3.05) is 45.0 Å². The maximum absolute atomic E-state index is 12.9. The molecule has 0 bridgehead atoms. The van der Waals surface area contributed by atoms with Crippen LogP contribution in [0.5, 0.6) is 0 Å². The Balaban J connectivity index is 0.000000202. The van der Waals surface area contributed by atoms with Gasteiger partial charge in [-0.3, -0.25) is 9.59 Å². The van der Waals surface area contributed by atoms with Gasteiger partial charge in [0.2, 0.25) is 5.43 Å². The third-order valence-electron chi connectivity index (χ3n) is 9.30. The summed E-state index contributed by atoms with van der Waals surface area (Å²) >= 11 is 3.46. The number of Topliss-reactive ketones (excluding diaryl/α,β-unsaturated/α-hetero) is 1. The minimum Gasteiger partial charge on any atom is -0.462 e. The fourth-order valence-corrected chi connectivity index (χ4v) is 6.80. The van der Waals surface area contributed by atoms with E-state index in [9.17, 15) is 19.2 Å². The van der Waals surface area contributed by atoms with Gasteiger partial charge in [0.1, 0.15) is 11.1 Å². The maximum Gasteiger partial charge on any atom is 0.343 e. The maximum atomic E-state index is 12.9. The van der Waals surface area contributed by atoms with E-state index in [4.69, 9.17) is 18.9 Å². The van der Waals surface area contributed by atoms with Gasteiger partial charge in [-0.1, -0.05) is 87.7 Å². The number of aryl methyl sites for hydroxylation is 2. The highest BCUT2D eigenvalue weighted by Crippen LogP contribution is 2.26. The van der Waals surface area contributed by atoms with Gasteiger partial charge >= 0.3 is 11.9 Å². The first-order valence-corrected chi connectivity index (χ1v) is 19.7. The Bertz CT molecular complexity index is 1780. The fraction of sp³-hybridized carbons (Fsp3) is 0.442. The van der Waals surface area contributed by atoms with Crippen molar-refractivity contribution >= 4 is 39.2 Å². The second kappa shape index (κ2) is 21.5. The van der Waals surface area contributed by atoms with Crippen LogP contribution in [0, 0.1) is 25.7 Å². The highest BCUT2D eigenvalue weighted by atomic mass is 79.9. The van der Waals surface area contributed by atoms with Gasteiger partial charge in [0.15, 0.2) is 5.78 Å². The second-order valence-corrected chi connectivity index (χ2v) is 14.0. The van der Waals surface area contributed by atoms with E-state index >= 15 is 0 Å². The number of ether oxygens (including phenoxy) is 4. The van der Waals surface area contributed by atoms with Gasteiger partial charge < -0.3 is 23.5 Å². The molecular formula is C43H52BrNO8. The zero-order valence-electron chi connectivity index (χ0n) is 31.4. The highest BCUT2D eigenvalue weighted by molar-refractivity contribution is 9.09. The molecule has 53 heavy (non-hydrogen) atoms. The van der Waals surface area contributed by atoms with Gasteiger partial charge in [-0.15, -0.1) is 0 Å². The van der Waals surface area contributed by atoms with E-state index in [-0.39, 0.29) is 35.6 Å². The summed E-state index contributed by atoms with van der Waals surface area (Å²) in [4.78, 5) is 49.2. The van der Waals surface area contributed by atoms with Crippen LogP contribution in [0.2, 0.25) is 0 Å². The predicted molar refractivity (Wildman–Crippen MR) is 211 cm³/mol. The second-order valence-electron chi connectivity index (χ2n) is 13.4. The molecule has 0 amide bonds. The lowest BCUT2D eigenvalue weighted by molar-refractivity contribution is -0.139. The molecule has 0 atom stereocenters. The molecule has 9 nitrogen and oxygen atoms in total. The van der Waals surface area contributed by atoms with Crippen molar-refractivity contribution in [3.05, 3.63) is 111 Å². The number of aromatic nitrogens is 1. The molecule has 2 aliphatic heterocycles. The van der Waals surface area contributed by atoms with E-state index in [1.54, 1.807) is 26.1 Å². The number of hydrogen-bond donors (Lipinski definition) is 0. The van der Waals surface area contributed by atoms with Crippen molar-refractivity contribution < 1.29 is 33.3 Å². The fourth-order valence-electron chi connectivity index (χ4n) is 6.15. The summed E-state index contributed by atoms with van der Waals surface area (Å²) in [6.07, 6.45) is 12.0. The van der Waals surface area contributed by atoms with Crippen molar-refractivity contribution in [3.63, 3.8) is 0 Å². The summed E-state index contributed by atoms with van der Waals surface area (Å²) in [5.74, 6) is 0.00173. The summed E-state index contributed by atoms with van der Waals surface area (Å²) < 4.78 is 22.6. The number of esters is 2. The first kappa shape index (κ1) is 41.6. The van der Waals surface area contributed by atoms with Gasteiger partial charge in [0, 0.05) is 61.8 Å². The van der Waals surface area contributed by atoms with Gasteiger partial charge in [-0.05, 0) is 82.8 Å². The Morgan fingerprint density at radius 2 is 1.26 bits per heavy atom. The van der Waals surface area contributed by atoms with Crippen molar-refractivity contribution in [2.45, 2.75) is 66.3 Å². The van der Waals surface area contributed by atoms with E-state index in [1.165, 1.54) is 12.8 Å². The topological polar surface area (TPSA) is 110 Å². The molecule has 3 aromatic rings. The number of hydrogen-bond acceptors (Lipinski definition) is 8. The van der Waals surface area contributed by atoms with Crippen LogP contribution in [-0.4, -0.2) is 67.3 Å². The lowest BCUT2D eigenvalue weighted by atomic mass is 9.91. The molecule has 0 unspecified atom stereocenters. The molecule has 6 rings (SSSR count). The molecule has 3 heterocycles. The lowest BCUT2D eigenvalue weighted by Crippen LogP contribution is -2.25. The molecule has 3 aliphatic rings. The van der Waals surface area contributed by atoms with E-state index in [2.05, 4.69) is 15.9 Å². The number of halogens is 1. The zero-order chi connectivity index (χ0) is 38.2. The Morgan fingerprint density at radius 3 is 1.79 bits per heavy atom. The molecule has 2 aromatic carbocycles. The van der Waals surface area contributed by atoms with Crippen LogP contribution in [-0.2, 0) is 35.1 Å². The molecule has 2 saturated heterocycles. The van der Waals surface area contributed by atoms with Crippen molar-refractivity contribution in [1.82, 2.24) is 4.57 Å². The Labute approximate surface area is 321 Å². The van der Waals surface area contributed by atoms with Gasteiger partial charge in [-0.25, -0.2) is 9.59 Å². The average molecular weight is 791 g/mol. The third kappa shape index (κ3) is 12.5. The molecular weight excluding hydrogens is 738 g/mol. The summed E-state index contributed by atoms with van der Waals surface area (Å²) in [5.41, 5.74) is 4.96. The summed E-state index contributed by atoms with van der Waals surface area (Å²) in [6.45, 7) is 12.2. The van der Waals surface area contributed by atoms with Crippen LogP contribution in [0.3, 0.4) is 0 Å². The van der Waals surface area contributed by atoms with E-state index in [0.29, 0.717) is 23.5 Å². The smallest absolute Gasteiger partial charge is 0.343 e. The van der Waals surface area contributed by atoms with Crippen LogP contribution in [0.1, 0.15) is 73.0 Å². The van der Waals surface area contributed by atoms with Crippen LogP contribution in [0.4, 0.5) is 0 Å². The molecule has 2 fully saturated rings. The number of carbonyl (C=O) groups excluding carboxylic acids is 3. The Kier molecular flexibility index (Phi) is 16.9. The minimum absolute atomic E-state index is 0.0944.